The summed E-state index contributed by atoms with van der Waals surface area (Å²) in [4.78, 5) is 13.7. The minimum absolute atomic E-state index is 0.000942. The molecule has 4 rings (SSSR count). The molecule has 0 saturated carbocycles. The molecule has 0 aliphatic carbocycles. The van der Waals surface area contributed by atoms with Crippen LogP contribution in [0.3, 0.4) is 0 Å². The van der Waals surface area contributed by atoms with Crippen molar-refractivity contribution in [3.05, 3.63) is 76.9 Å². The highest BCUT2D eigenvalue weighted by Gasteiger charge is 2.24. The molecule has 12 heteroatoms. The summed E-state index contributed by atoms with van der Waals surface area (Å²) in [6.07, 6.45) is 1.21. The third-order valence-corrected chi connectivity index (χ3v) is 5.37. The number of aryl methyl sites for hydroxylation is 1. The molecule has 2 heterocycles. The third kappa shape index (κ3) is 4.64. The Labute approximate surface area is 185 Å². The molecule has 2 aromatic heterocycles. The lowest BCUT2D eigenvalue weighted by Gasteiger charge is -2.06. The molecule has 1 amide bonds. The molecule has 0 unspecified atom stereocenters. The Morgan fingerprint density at radius 1 is 1.25 bits per heavy atom. The number of hydrazone groups is 1. The van der Waals surface area contributed by atoms with Gasteiger partial charge in [0.1, 0.15) is 5.82 Å². The second-order valence-electron chi connectivity index (χ2n) is 6.59. The van der Waals surface area contributed by atoms with Gasteiger partial charge in [-0.15, -0.1) is 16.9 Å². The lowest BCUT2D eigenvalue weighted by Crippen LogP contribution is -2.20. The number of nitrogens with two attached hydrogens (primary N) is 1. The first-order chi connectivity index (χ1) is 15.5. The van der Waals surface area contributed by atoms with E-state index < -0.39 is 11.7 Å². The van der Waals surface area contributed by atoms with Crippen molar-refractivity contribution in [2.45, 2.75) is 17.6 Å². The fourth-order valence-electron chi connectivity index (χ4n) is 2.69. The van der Waals surface area contributed by atoms with E-state index in [1.165, 1.54) is 34.8 Å². The number of benzene rings is 2. The zero-order valence-corrected chi connectivity index (χ0v) is 17.6. The van der Waals surface area contributed by atoms with Gasteiger partial charge in [-0.1, -0.05) is 41.1 Å². The van der Waals surface area contributed by atoms with Gasteiger partial charge in [-0.25, -0.2) is 14.4 Å². The monoisotopic (exact) mass is 452 g/mol. The van der Waals surface area contributed by atoms with Gasteiger partial charge in [-0.05, 0) is 35.4 Å². The number of halogens is 1. The molecule has 2 aromatic carbocycles. The SMILES string of the molecule is Cc1ccc(SCc2c(C(=O)N/N=C/c3ccccc3F)nnn2-c2nonc2N)cc1. The summed E-state index contributed by atoms with van der Waals surface area (Å²) < 4.78 is 19.7. The molecule has 0 aliphatic heterocycles. The number of nitrogen functional groups attached to an aromatic ring is 1. The van der Waals surface area contributed by atoms with Gasteiger partial charge in [-0.2, -0.15) is 9.78 Å². The first kappa shape index (κ1) is 21.2. The van der Waals surface area contributed by atoms with Crippen LogP contribution >= 0.6 is 11.8 Å². The minimum atomic E-state index is -0.627. The molecule has 0 aliphatic rings. The maximum atomic E-state index is 13.7. The van der Waals surface area contributed by atoms with Crippen LogP contribution in [0.15, 0.2) is 63.2 Å². The molecule has 4 aromatic rings. The van der Waals surface area contributed by atoms with Gasteiger partial charge in [0.05, 0.1) is 11.9 Å². The van der Waals surface area contributed by atoms with Gasteiger partial charge >= 0.3 is 0 Å². The summed E-state index contributed by atoms with van der Waals surface area (Å²) in [5.74, 6) is -0.645. The average molecular weight is 452 g/mol. The standard InChI is InChI=1S/C20H17FN8O2S/c1-12-6-8-14(9-7-12)32-11-16-17(24-28-29(16)19-18(22)26-31-27-19)20(30)25-23-10-13-4-2-3-5-15(13)21/h2-10H,11H2,1H3,(H2,22,26)(H,25,30)/b23-10+. The molecule has 32 heavy (non-hydrogen) atoms. The zero-order valence-electron chi connectivity index (χ0n) is 16.8. The first-order valence-electron chi connectivity index (χ1n) is 9.33. The second-order valence-corrected chi connectivity index (χ2v) is 7.64. The molecule has 0 fully saturated rings. The first-order valence-corrected chi connectivity index (χ1v) is 10.3. The van der Waals surface area contributed by atoms with Crippen LogP contribution in [-0.2, 0) is 5.75 Å². The molecule has 0 atom stereocenters. The molecule has 0 spiro atoms. The average Bonchev–Trinajstić information content (AvgIpc) is 3.40. The smallest absolute Gasteiger partial charge is 0.293 e. The number of hydrogen-bond donors (Lipinski definition) is 2. The predicted octanol–water partition coefficient (Wildman–Crippen LogP) is 2.74. The summed E-state index contributed by atoms with van der Waals surface area (Å²) >= 11 is 1.47. The number of aromatic nitrogens is 5. The Balaban J connectivity index is 1.58. The number of rotatable bonds is 7. The number of anilines is 1. The number of carbonyl (C=O) groups excluding carboxylic acids is 1. The van der Waals surface area contributed by atoms with E-state index in [1.807, 2.05) is 31.2 Å². The Bertz CT molecular complexity index is 1270. The molecule has 162 valence electrons. The number of carbonyl (C=O) groups is 1. The van der Waals surface area contributed by atoms with E-state index >= 15 is 0 Å². The third-order valence-electron chi connectivity index (χ3n) is 4.35. The van der Waals surface area contributed by atoms with E-state index in [0.29, 0.717) is 11.4 Å². The summed E-state index contributed by atoms with van der Waals surface area (Å²) in [5, 5.41) is 19.0. The Morgan fingerprint density at radius 2 is 2.03 bits per heavy atom. The lowest BCUT2D eigenvalue weighted by atomic mass is 10.2. The van der Waals surface area contributed by atoms with Crippen molar-refractivity contribution in [1.29, 1.82) is 0 Å². The van der Waals surface area contributed by atoms with Crippen molar-refractivity contribution in [1.82, 2.24) is 30.7 Å². The van der Waals surface area contributed by atoms with Gasteiger partial charge < -0.3 is 5.73 Å². The van der Waals surface area contributed by atoms with Crippen LogP contribution in [0, 0.1) is 12.7 Å². The van der Waals surface area contributed by atoms with Crippen LogP contribution in [0.5, 0.6) is 0 Å². The molecule has 3 N–H and O–H groups in total. The number of thioether (sulfide) groups is 1. The number of hydrogen-bond acceptors (Lipinski definition) is 9. The van der Waals surface area contributed by atoms with Gasteiger partial charge in [0.2, 0.25) is 11.6 Å². The number of amides is 1. The Hall–Kier alpha value is -4.06. The van der Waals surface area contributed by atoms with E-state index in [4.69, 9.17) is 5.73 Å². The predicted molar refractivity (Wildman–Crippen MR) is 116 cm³/mol. The molecule has 0 bridgehead atoms. The topological polar surface area (TPSA) is 137 Å². The normalized spacial score (nSPS) is 11.2. The van der Waals surface area contributed by atoms with Crippen LogP contribution < -0.4 is 11.2 Å². The van der Waals surface area contributed by atoms with E-state index in [-0.39, 0.29) is 22.9 Å². The van der Waals surface area contributed by atoms with Crippen molar-refractivity contribution >= 4 is 29.7 Å². The zero-order chi connectivity index (χ0) is 22.5. The molecular formula is C20H17FN8O2S. The highest BCUT2D eigenvalue weighted by Crippen LogP contribution is 2.26. The molecular weight excluding hydrogens is 435 g/mol. The maximum absolute atomic E-state index is 13.7. The Morgan fingerprint density at radius 3 is 2.75 bits per heavy atom. The Kier molecular flexibility index (Phi) is 6.22. The van der Waals surface area contributed by atoms with Crippen molar-refractivity contribution in [2.24, 2.45) is 5.10 Å². The van der Waals surface area contributed by atoms with Crippen LogP contribution in [0.4, 0.5) is 10.2 Å². The second kappa shape index (κ2) is 9.39. The van der Waals surface area contributed by atoms with Crippen LogP contribution in [0.2, 0.25) is 0 Å². The largest absolute Gasteiger partial charge is 0.378 e. The van der Waals surface area contributed by atoms with Gasteiger partial charge in [0, 0.05) is 16.2 Å². The van der Waals surface area contributed by atoms with Crippen LogP contribution in [-0.4, -0.2) is 37.4 Å². The molecule has 10 nitrogen and oxygen atoms in total. The fourth-order valence-corrected chi connectivity index (χ4v) is 3.59. The van der Waals surface area contributed by atoms with Crippen molar-refractivity contribution in [2.75, 3.05) is 5.73 Å². The molecule has 0 saturated heterocycles. The van der Waals surface area contributed by atoms with E-state index in [2.05, 4.69) is 35.8 Å². The van der Waals surface area contributed by atoms with Gasteiger partial charge in [-0.3, -0.25) is 4.79 Å². The molecule has 0 radical (unpaired) electrons. The minimum Gasteiger partial charge on any atom is -0.378 e. The highest BCUT2D eigenvalue weighted by atomic mass is 32.2. The van der Waals surface area contributed by atoms with E-state index in [9.17, 15) is 9.18 Å². The maximum Gasteiger partial charge on any atom is 0.293 e. The van der Waals surface area contributed by atoms with E-state index in [1.54, 1.807) is 12.1 Å². The number of nitrogens with zero attached hydrogens (tertiary/aromatic N) is 6. The van der Waals surface area contributed by atoms with Crippen molar-refractivity contribution in [3.8, 4) is 5.82 Å². The summed E-state index contributed by atoms with van der Waals surface area (Å²) in [5.41, 5.74) is 9.92. The summed E-state index contributed by atoms with van der Waals surface area (Å²) in [6, 6.07) is 14.0. The van der Waals surface area contributed by atoms with Crippen molar-refractivity contribution < 1.29 is 13.8 Å². The van der Waals surface area contributed by atoms with E-state index in [0.717, 1.165) is 10.5 Å². The highest BCUT2D eigenvalue weighted by molar-refractivity contribution is 7.98. The van der Waals surface area contributed by atoms with Crippen molar-refractivity contribution in [3.63, 3.8) is 0 Å². The quantitative estimate of drug-likeness (QED) is 0.248. The summed E-state index contributed by atoms with van der Waals surface area (Å²) in [7, 11) is 0. The summed E-state index contributed by atoms with van der Waals surface area (Å²) in [6.45, 7) is 2.00. The number of nitrogens with one attached hydrogen (secondary N) is 1. The lowest BCUT2D eigenvalue weighted by molar-refractivity contribution is 0.0949. The fraction of sp³-hybridized carbons (Fsp3) is 0.100. The van der Waals surface area contributed by atoms with Crippen LogP contribution in [0.1, 0.15) is 27.3 Å². The van der Waals surface area contributed by atoms with Gasteiger partial charge in [0.15, 0.2) is 5.69 Å². The van der Waals surface area contributed by atoms with Crippen LogP contribution in [0.25, 0.3) is 5.82 Å². The van der Waals surface area contributed by atoms with Gasteiger partial charge in [0.25, 0.3) is 5.91 Å².